The quantitative estimate of drug-likeness (QED) is 0.726. The lowest BCUT2D eigenvalue weighted by molar-refractivity contribution is 0.102. The number of hydrogen-bond acceptors (Lipinski definition) is 4. The van der Waals surface area contributed by atoms with Gasteiger partial charge in [-0.2, -0.15) is 5.10 Å². The van der Waals surface area contributed by atoms with Gasteiger partial charge in [-0.25, -0.2) is 14.1 Å². The van der Waals surface area contributed by atoms with Gasteiger partial charge in [-0.1, -0.05) is 11.6 Å². The molecule has 25 heavy (non-hydrogen) atoms. The highest BCUT2D eigenvalue weighted by atomic mass is 35.5. The Hall–Kier alpha value is -2.25. The minimum atomic E-state index is -0.354. The van der Waals surface area contributed by atoms with Crippen LogP contribution in [-0.4, -0.2) is 20.7 Å². The number of hydrogen-bond donors (Lipinski definition) is 1. The second-order valence-electron chi connectivity index (χ2n) is 5.95. The number of halogens is 2. The first-order valence-electron chi connectivity index (χ1n) is 7.81. The normalized spacial score (nSPS) is 13.9. The van der Waals surface area contributed by atoms with Crippen LogP contribution in [0.4, 0.5) is 9.52 Å². The molecule has 2 aromatic heterocycles. The maximum Gasteiger partial charge on any atom is 0.262 e. The van der Waals surface area contributed by atoms with E-state index in [1.165, 1.54) is 28.2 Å². The Morgan fingerprint density at radius 2 is 2.08 bits per heavy atom. The molecule has 0 spiro atoms. The number of aromatic nitrogens is 3. The van der Waals surface area contributed by atoms with Gasteiger partial charge in [0, 0.05) is 11.3 Å². The molecular weight excluding hydrogens is 363 g/mol. The fourth-order valence-electron chi connectivity index (χ4n) is 2.58. The van der Waals surface area contributed by atoms with Gasteiger partial charge in [-0.05, 0) is 44.0 Å². The minimum absolute atomic E-state index is 0.181. The molecule has 1 fully saturated rings. The highest BCUT2D eigenvalue weighted by molar-refractivity contribution is 7.14. The van der Waals surface area contributed by atoms with Gasteiger partial charge in [0.1, 0.15) is 16.5 Å². The van der Waals surface area contributed by atoms with E-state index in [0.29, 0.717) is 22.4 Å². The maximum atomic E-state index is 13.1. The topological polar surface area (TPSA) is 59.8 Å². The lowest BCUT2D eigenvalue weighted by Crippen LogP contribution is -2.13. The van der Waals surface area contributed by atoms with Crippen molar-refractivity contribution in [1.29, 1.82) is 0 Å². The van der Waals surface area contributed by atoms with Crippen LogP contribution in [-0.2, 0) is 0 Å². The number of amides is 1. The Bertz CT molecular complexity index is 946. The summed E-state index contributed by atoms with van der Waals surface area (Å²) >= 11 is 7.76. The summed E-state index contributed by atoms with van der Waals surface area (Å²) in [7, 11) is 0. The third kappa shape index (κ3) is 3.17. The van der Waals surface area contributed by atoms with Crippen LogP contribution in [0.3, 0.4) is 0 Å². The summed E-state index contributed by atoms with van der Waals surface area (Å²) in [4.78, 5) is 17.1. The number of aryl methyl sites for hydroxylation is 1. The molecule has 5 nitrogen and oxygen atoms in total. The average Bonchev–Trinajstić information content (AvgIpc) is 3.26. The van der Waals surface area contributed by atoms with E-state index in [1.807, 2.05) is 5.38 Å². The first kappa shape index (κ1) is 16.2. The van der Waals surface area contributed by atoms with Crippen LogP contribution >= 0.6 is 22.9 Å². The molecule has 0 saturated heterocycles. The monoisotopic (exact) mass is 376 g/mol. The Morgan fingerprint density at radius 1 is 1.36 bits per heavy atom. The summed E-state index contributed by atoms with van der Waals surface area (Å²) in [5.74, 6) is -0.169. The van der Waals surface area contributed by atoms with E-state index in [9.17, 15) is 9.18 Å². The Balaban J connectivity index is 1.60. The van der Waals surface area contributed by atoms with Crippen molar-refractivity contribution in [2.75, 3.05) is 5.32 Å². The van der Waals surface area contributed by atoms with Gasteiger partial charge in [0.15, 0.2) is 5.13 Å². The molecule has 8 heteroatoms. The summed E-state index contributed by atoms with van der Waals surface area (Å²) in [6, 6.07) is 5.74. The van der Waals surface area contributed by atoms with Crippen molar-refractivity contribution in [3.63, 3.8) is 0 Å². The molecule has 0 aliphatic heterocycles. The predicted molar refractivity (Wildman–Crippen MR) is 95.3 cm³/mol. The molecule has 1 aromatic carbocycles. The highest BCUT2D eigenvalue weighted by Gasteiger charge is 2.27. The summed E-state index contributed by atoms with van der Waals surface area (Å²) < 4.78 is 14.5. The zero-order valence-corrected chi connectivity index (χ0v) is 14.9. The molecule has 1 amide bonds. The number of rotatable bonds is 4. The van der Waals surface area contributed by atoms with Gasteiger partial charge in [0.2, 0.25) is 0 Å². The molecule has 3 aromatic rings. The molecule has 0 unspecified atom stereocenters. The van der Waals surface area contributed by atoms with E-state index in [0.717, 1.165) is 18.5 Å². The van der Waals surface area contributed by atoms with Crippen LogP contribution in [0.15, 0.2) is 29.6 Å². The van der Waals surface area contributed by atoms with Crippen LogP contribution in [0.2, 0.25) is 5.15 Å². The van der Waals surface area contributed by atoms with Gasteiger partial charge in [0.05, 0.1) is 17.1 Å². The third-order valence-electron chi connectivity index (χ3n) is 4.04. The van der Waals surface area contributed by atoms with Crippen LogP contribution in [0, 0.1) is 12.7 Å². The van der Waals surface area contributed by atoms with Crippen LogP contribution < -0.4 is 5.32 Å². The number of nitrogens with zero attached hydrogens (tertiary/aromatic N) is 3. The van der Waals surface area contributed by atoms with Crippen molar-refractivity contribution in [3.8, 4) is 5.69 Å². The Kier molecular flexibility index (Phi) is 4.05. The molecule has 1 aliphatic rings. The largest absolute Gasteiger partial charge is 0.298 e. The fraction of sp³-hybridized carbons (Fsp3) is 0.235. The Labute approximate surface area is 152 Å². The van der Waals surface area contributed by atoms with Crippen molar-refractivity contribution in [2.24, 2.45) is 0 Å². The van der Waals surface area contributed by atoms with E-state index in [-0.39, 0.29) is 22.4 Å². The second-order valence-corrected chi connectivity index (χ2v) is 7.16. The molecule has 1 saturated carbocycles. The lowest BCUT2D eigenvalue weighted by Gasteiger charge is -2.04. The van der Waals surface area contributed by atoms with E-state index in [4.69, 9.17) is 11.6 Å². The van der Waals surface area contributed by atoms with Gasteiger partial charge in [0.25, 0.3) is 5.91 Å². The van der Waals surface area contributed by atoms with Crippen molar-refractivity contribution in [3.05, 3.63) is 57.6 Å². The average molecular weight is 377 g/mol. The number of thiazole rings is 1. The summed E-state index contributed by atoms with van der Waals surface area (Å²) in [6.07, 6.45) is 2.32. The van der Waals surface area contributed by atoms with E-state index < -0.39 is 0 Å². The lowest BCUT2D eigenvalue weighted by atomic mass is 10.2. The molecule has 0 bridgehead atoms. The van der Waals surface area contributed by atoms with E-state index in [2.05, 4.69) is 15.4 Å². The summed E-state index contributed by atoms with van der Waals surface area (Å²) in [5.41, 5.74) is 2.39. The van der Waals surface area contributed by atoms with Crippen molar-refractivity contribution >= 4 is 34.0 Å². The number of anilines is 1. The van der Waals surface area contributed by atoms with Crippen LogP contribution in [0.25, 0.3) is 5.69 Å². The highest BCUT2D eigenvalue weighted by Crippen LogP contribution is 2.41. The zero-order chi connectivity index (χ0) is 17.6. The fourth-order valence-corrected chi connectivity index (χ4v) is 3.73. The van der Waals surface area contributed by atoms with Crippen molar-refractivity contribution in [2.45, 2.75) is 25.7 Å². The zero-order valence-electron chi connectivity index (χ0n) is 13.3. The molecule has 2 heterocycles. The van der Waals surface area contributed by atoms with Crippen molar-refractivity contribution in [1.82, 2.24) is 14.8 Å². The predicted octanol–water partition coefficient (Wildman–Crippen LogP) is 4.56. The van der Waals surface area contributed by atoms with Gasteiger partial charge in [-0.3, -0.25) is 10.1 Å². The van der Waals surface area contributed by atoms with Crippen molar-refractivity contribution < 1.29 is 9.18 Å². The van der Waals surface area contributed by atoms with E-state index in [1.54, 1.807) is 19.1 Å². The van der Waals surface area contributed by atoms with Gasteiger partial charge < -0.3 is 0 Å². The van der Waals surface area contributed by atoms with E-state index >= 15 is 0 Å². The minimum Gasteiger partial charge on any atom is -0.298 e. The SMILES string of the molecule is Cc1nn(-c2ccc(F)cc2)c(Cl)c1C(=O)Nc1nc(C2CC2)cs1. The number of benzene rings is 1. The molecule has 1 aliphatic carbocycles. The first-order valence-corrected chi connectivity index (χ1v) is 9.06. The molecule has 0 radical (unpaired) electrons. The number of nitrogens with one attached hydrogen (secondary N) is 1. The third-order valence-corrected chi connectivity index (χ3v) is 5.17. The second kappa shape index (κ2) is 6.24. The smallest absolute Gasteiger partial charge is 0.262 e. The summed E-state index contributed by atoms with van der Waals surface area (Å²) in [6.45, 7) is 1.71. The molecule has 4 rings (SSSR count). The van der Waals surface area contributed by atoms with Crippen LogP contribution in [0.1, 0.15) is 40.5 Å². The molecular formula is C17H14ClFN4OS. The molecule has 1 N–H and O–H groups in total. The number of carbonyl (C=O) groups excluding carboxylic acids is 1. The first-order chi connectivity index (χ1) is 12.0. The molecule has 128 valence electrons. The summed E-state index contributed by atoms with van der Waals surface area (Å²) in [5, 5.41) is 9.80. The van der Waals surface area contributed by atoms with Gasteiger partial charge in [-0.15, -0.1) is 11.3 Å². The standard InChI is InChI=1S/C17H14ClFN4OS/c1-9-14(15(18)23(22-9)12-6-4-11(19)5-7-12)16(24)21-17-20-13(8-25-17)10-2-3-10/h4-8,10H,2-3H2,1H3,(H,20,21,24). The maximum absolute atomic E-state index is 13.1. The molecule has 0 atom stereocenters. The van der Waals surface area contributed by atoms with Crippen LogP contribution in [0.5, 0.6) is 0 Å². The number of carbonyl (C=O) groups is 1. The van der Waals surface area contributed by atoms with Gasteiger partial charge >= 0.3 is 0 Å². The Morgan fingerprint density at radius 3 is 2.76 bits per heavy atom.